The summed E-state index contributed by atoms with van der Waals surface area (Å²) in [5, 5.41) is 10.6. The molecule has 2 aromatic carbocycles. The number of hydrogen-bond acceptors (Lipinski definition) is 1. The zero-order chi connectivity index (χ0) is 13.0. The van der Waals surface area contributed by atoms with E-state index in [2.05, 4.69) is 6.07 Å². The Hall–Kier alpha value is -1.49. The Morgan fingerprint density at radius 1 is 1.00 bits per heavy atom. The standard InChI is InChI=1S/C15H11Cl2N/c16-14-7-5-11(6-8-14)13(10-18)9-12-3-1-2-4-15(12)17/h1-8,13H,9H2. The van der Waals surface area contributed by atoms with E-state index in [4.69, 9.17) is 23.2 Å². The molecule has 18 heavy (non-hydrogen) atoms. The predicted molar refractivity (Wildman–Crippen MR) is 75.0 cm³/mol. The first-order valence-corrected chi connectivity index (χ1v) is 6.35. The van der Waals surface area contributed by atoms with Crippen molar-refractivity contribution in [2.24, 2.45) is 0 Å². The third-order valence-corrected chi connectivity index (χ3v) is 3.43. The molecule has 0 fully saturated rings. The molecule has 0 bridgehead atoms. The Balaban J connectivity index is 2.23. The van der Waals surface area contributed by atoms with Crippen molar-refractivity contribution in [2.45, 2.75) is 12.3 Å². The molecule has 0 aliphatic carbocycles. The summed E-state index contributed by atoms with van der Waals surface area (Å²) in [6.45, 7) is 0. The van der Waals surface area contributed by atoms with Gasteiger partial charge in [0.25, 0.3) is 0 Å². The molecule has 90 valence electrons. The first-order chi connectivity index (χ1) is 8.70. The molecule has 0 spiro atoms. The number of halogens is 2. The molecule has 0 aliphatic rings. The van der Waals surface area contributed by atoms with Crippen LogP contribution in [0.4, 0.5) is 0 Å². The van der Waals surface area contributed by atoms with Crippen molar-refractivity contribution in [3.05, 3.63) is 69.7 Å². The quantitative estimate of drug-likeness (QED) is 0.786. The molecular formula is C15H11Cl2N. The van der Waals surface area contributed by atoms with E-state index in [1.807, 2.05) is 36.4 Å². The molecule has 0 radical (unpaired) electrons. The number of hydrogen-bond donors (Lipinski definition) is 0. The molecule has 2 rings (SSSR count). The van der Waals surface area contributed by atoms with Gasteiger partial charge in [-0.25, -0.2) is 0 Å². The summed E-state index contributed by atoms with van der Waals surface area (Å²) in [4.78, 5) is 0. The van der Waals surface area contributed by atoms with Gasteiger partial charge in [0.1, 0.15) is 0 Å². The fourth-order valence-corrected chi connectivity index (χ4v) is 2.16. The van der Waals surface area contributed by atoms with Gasteiger partial charge in [-0.15, -0.1) is 0 Å². The van der Waals surface area contributed by atoms with Gasteiger partial charge in [-0.05, 0) is 35.7 Å². The largest absolute Gasteiger partial charge is 0.198 e. The average Bonchev–Trinajstić information content (AvgIpc) is 2.39. The van der Waals surface area contributed by atoms with E-state index in [9.17, 15) is 5.26 Å². The van der Waals surface area contributed by atoms with E-state index in [1.165, 1.54) is 0 Å². The maximum Gasteiger partial charge on any atom is 0.0753 e. The van der Waals surface area contributed by atoms with Crippen molar-refractivity contribution in [2.75, 3.05) is 0 Å². The highest BCUT2D eigenvalue weighted by Crippen LogP contribution is 2.25. The minimum absolute atomic E-state index is 0.206. The van der Waals surface area contributed by atoms with Crippen molar-refractivity contribution in [1.82, 2.24) is 0 Å². The van der Waals surface area contributed by atoms with Gasteiger partial charge in [-0.3, -0.25) is 0 Å². The average molecular weight is 276 g/mol. The van der Waals surface area contributed by atoms with Gasteiger partial charge in [0.05, 0.1) is 12.0 Å². The van der Waals surface area contributed by atoms with Gasteiger partial charge >= 0.3 is 0 Å². The minimum atomic E-state index is -0.206. The van der Waals surface area contributed by atoms with Crippen LogP contribution in [-0.2, 0) is 6.42 Å². The Kier molecular flexibility index (Phi) is 4.25. The van der Waals surface area contributed by atoms with E-state index in [0.717, 1.165) is 11.1 Å². The molecule has 0 heterocycles. The summed E-state index contributed by atoms with van der Waals surface area (Å²) in [6, 6.07) is 17.3. The minimum Gasteiger partial charge on any atom is -0.198 e. The molecule has 1 nitrogen and oxygen atoms in total. The van der Waals surface area contributed by atoms with Crippen molar-refractivity contribution in [1.29, 1.82) is 5.26 Å². The first kappa shape index (κ1) is 13.0. The van der Waals surface area contributed by atoms with Crippen LogP contribution < -0.4 is 0 Å². The van der Waals surface area contributed by atoms with Crippen LogP contribution >= 0.6 is 23.2 Å². The fraction of sp³-hybridized carbons (Fsp3) is 0.133. The summed E-state index contributed by atoms with van der Waals surface area (Å²) in [6.07, 6.45) is 0.609. The van der Waals surface area contributed by atoms with Crippen molar-refractivity contribution in [3.63, 3.8) is 0 Å². The Morgan fingerprint density at radius 2 is 1.67 bits per heavy atom. The lowest BCUT2D eigenvalue weighted by Crippen LogP contribution is -2.00. The molecule has 0 saturated heterocycles. The molecule has 0 aliphatic heterocycles. The van der Waals surface area contributed by atoms with E-state index in [-0.39, 0.29) is 5.92 Å². The summed E-state index contributed by atoms with van der Waals surface area (Å²) in [5.41, 5.74) is 1.95. The predicted octanol–water partition coefficient (Wildman–Crippen LogP) is 4.84. The SMILES string of the molecule is N#CC(Cc1ccccc1Cl)c1ccc(Cl)cc1. The highest BCUT2D eigenvalue weighted by molar-refractivity contribution is 6.31. The number of nitrogens with zero attached hydrogens (tertiary/aromatic N) is 1. The maximum atomic E-state index is 9.27. The Bertz CT molecular complexity index is 570. The lowest BCUT2D eigenvalue weighted by molar-refractivity contribution is 0.849. The van der Waals surface area contributed by atoms with Crippen LogP contribution in [0.5, 0.6) is 0 Å². The molecule has 3 heteroatoms. The van der Waals surface area contributed by atoms with Crippen LogP contribution in [0.1, 0.15) is 17.0 Å². The number of nitriles is 1. The second-order valence-corrected chi connectivity index (χ2v) is 4.87. The third kappa shape index (κ3) is 3.04. The Labute approximate surface area is 117 Å². The molecule has 0 N–H and O–H groups in total. The van der Waals surface area contributed by atoms with Crippen LogP contribution in [-0.4, -0.2) is 0 Å². The van der Waals surface area contributed by atoms with Gasteiger partial charge < -0.3 is 0 Å². The van der Waals surface area contributed by atoms with Gasteiger partial charge in [0.2, 0.25) is 0 Å². The van der Waals surface area contributed by atoms with Gasteiger partial charge in [-0.1, -0.05) is 53.5 Å². The second-order valence-electron chi connectivity index (χ2n) is 4.03. The number of rotatable bonds is 3. The molecule has 0 amide bonds. The van der Waals surface area contributed by atoms with Crippen LogP contribution in [0.15, 0.2) is 48.5 Å². The van der Waals surface area contributed by atoms with E-state index < -0.39 is 0 Å². The van der Waals surface area contributed by atoms with E-state index in [0.29, 0.717) is 16.5 Å². The van der Waals surface area contributed by atoms with Gasteiger partial charge in [0.15, 0.2) is 0 Å². The number of benzene rings is 2. The summed E-state index contributed by atoms with van der Waals surface area (Å²) >= 11 is 11.9. The zero-order valence-electron chi connectivity index (χ0n) is 9.61. The highest BCUT2D eigenvalue weighted by Gasteiger charge is 2.13. The zero-order valence-corrected chi connectivity index (χ0v) is 11.1. The summed E-state index contributed by atoms with van der Waals surface area (Å²) < 4.78 is 0. The lowest BCUT2D eigenvalue weighted by atomic mass is 9.93. The van der Waals surface area contributed by atoms with Crippen molar-refractivity contribution < 1.29 is 0 Å². The van der Waals surface area contributed by atoms with E-state index in [1.54, 1.807) is 12.1 Å². The van der Waals surface area contributed by atoms with Gasteiger partial charge in [0, 0.05) is 10.0 Å². The summed E-state index contributed by atoms with van der Waals surface area (Å²) in [5.74, 6) is -0.206. The molecule has 1 atom stereocenters. The maximum absolute atomic E-state index is 9.27. The van der Waals surface area contributed by atoms with Crippen LogP contribution in [0.25, 0.3) is 0 Å². The van der Waals surface area contributed by atoms with Crippen LogP contribution in [0.2, 0.25) is 10.0 Å². The third-order valence-electron chi connectivity index (χ3n) is 2.81. The molecular weight excluding hydrogens is 265 g/mol. The molecule has 0 aromatic heterocycles. The second kappa shape index (κ2) is 5.91. The van der Waals surface area contributed by atoms with Crippen molar-refractivity contribution in [3.8, 4) is 6.07 Å². The smallest absolute Gasteiger partial charge is 0.0753 e. The molecule has 2 aromatic rings. The fourth-order valence-electron chi connectivity index (χ4n) is 1.82. The topological polar surface area (TPSA) is 23.8 Å². The van der Waals surface area contributed by atoms with Crippen LogP contribution in [0, 0.1) is 11.3 Å². The summed E-state index contributed by atoms with van der Waals surface area (Å²) in [7, 11) is 0. The lowest BCUT2D eigenvalue weighted by Gasteiger charge is -2.10. The highest BCUT2D eigenvalue weighted by atomic mass is 35.5. The van der Waals surface area contributed by atoms with Crippen LogP contribution in [0.3, 0.4) is 0 Å². The Morgan fingerprint density at radius 3 is 2.28 bits per heavy atom. The molecule has 1 unspecified atom stereocenters. The van der Waals surface area contributed by atoms with E-state index >= 15 is 0 Å². The normalized spacial score (nSPS) is 11.8. The van der Waals surface area contributed by atoms with Gasteiger partial charge in [-0.2, -0.15) is 5.26 Å². The molecule has 0 saturated carbocycles. The monoisotopic (exact) mass is 275 g/mol. The first-order valence-electron chi connectivity index (χ1n) is 5.59. The van der Waals surface area contributed by atoms with Crippen molar-refractivity contribution >= 4 is 23.2 Å².